The van der Waals surface area contributed by atoms with Gasteiger partial charge in [-0.2, -0.15) is 0 Å². The van der Waals surface area contributed by atoms with E-state index in [1.165, 1.54) is 0 Å². The summed E-state index contributed by atoms with van der Waals surface area (Å²) in [7, 11) is 0. The molecule has 1 N–H and O–H groups in total. The van der Waals surface area contributed by atoms with Crippen LogP contribution in [-0.2, 0) is 9.47 Å². The minimum atomic E-state index is -0.307. The quantitative estimate of drug-likeness (QED) is 0.740. The third kappa shape index (κ3) is 1.88. The van der Waals surface area contributed by atoms with Crippen molar-refractivity contribution in [2.75, 3.05) is 13.2 Å². The fraction of sp³-hybridized carbons (Fsp3) is 0.400. The standard InChI is InChI=1S/C10H12O3/c11-6-9-7-12-10(13-9)8-4-2-1-3-5-8/h1-5,9-11H,6-7H2/t9-,10-/m0/s1. The third-order valence-corrected chi connectivity index (χ3v) is 2.02. The van der Waals surface area contributed by atoms with E-state index < -0.39 is 0 Å². The van der Waals surface area contributed by atoms with E-state index in [1.54, 1.807) is 0 Å². The molecule has 0 spiro atoms. The van der Waals surface area contributed by atoms with Gasteiger partial charge in [0.25, 0.3) is 0 Å². The fourth-order valence-corrected chi connectivity index (χ4v) is 1.33. The number of rotatable bonds is 2. The van der Waals surface area contributed by atoms with Crippen molar-refractivity contribution >= 4 is 0 Å². The molecule has 1 saturated heterocycles. The highest BCUT2D eigenvalue weighted by Gasteiger charge is 2.26. The molecule has 0 aromatic heterocycles. The molecule has 0 unspecified atom stereocenters. The number of hydrogen-bond acceptors (Lipinski definition) is 3. The van der Waals surface area contributed by atoms with Crippen molar-refractivity contribution in [1.82, 2.24) is 0 Å². The lowest BCUT2D eigenvalue weighted by Crippen LogP contribution is -2.14. The molecule has 2 atom stereocenters. The number of hydrogen-bond donors (Lipinski definition) is 1. The Hall–Kier alpha value is -0.900. The van der Waals surface area contributed by atoms with Gasteiger partial charge in [0.05, 0.1) is 13.2 Å². The summed E-state index contributed by atoms with van der Waals surface area (Å²) >= 11 is 0. The average molecular weight is 180 g/mol. The first-order valence-corrected chi connectivity index (χ1v) is 4.33. The first-order valence-electron chi connectivity index (χ1n) is 4.33. The third-order valence-electron chi connectivity index (χ3n) is 2.02. The zero-order valence-electron chi connectivity index (χ0n) is 7.22. The molecule has 3 heteroatoms. The van der Waals surface area contributed by atoms with Gasteiger partial charge in [-0.1, -0.05) is 30.3 Å². The summed E-state index contributed by atoms with van der Waals surface area (Å²) in [5.74, 6) is 0. The van der Waals surface area contributed by atoms with Crippen LogP contribution in [0.25, 0.3) is 0 Å². The lowest BCUT2D eigenvalue weighted by molar-refractivity contribution is -0.0675. The van der Waals surface area contributed by atoms with Crippen LogP contribution in [0, 0.1) is 0 Å². The molecule has 1 aromatic carbocycles. The molecule has 0 radical (unpaired) electrons. The fourth-order valence-electron chi connectivity index (χ4n) is 1.33. The van der Waals surface area contributed by atoms with Gasteiger partial charge in [0.15, 0.2) is 6.29 Å². The monoisotopic (exact) mass is 180 g/mol. The molecular weight excluding hydrogens is 168 g/mol. The predicted octanol–water partition coefficient (Wildman–Crippen LogP) is 1.09. The van der Waals surface area contributed by atoms with Crippen molar-refractivity contribution in [1.29, 1.82) is 0 Å². The minimum absolute atomic E-state index is 0.0172. The van der Waals surface area contributed by atoms with Gasteiger partial charge >= 0.3 is 0 Å². The predicted molar refractivity (Wildman–Crippen MR) is 47.1 cm³/mol. The molecule has 0 bridgehead atoms. The number of ether oxygens (including phenoxy) is 2. The lowest BCUT2D eigenvalue weighted by atomic mass is 10.2. The van der Waals surface area contributed by atoms with Gasteiger partial charge in [-0.15, -0.1) is 0 Å². The lowest BCUT2D eigenvalue weighted by Gasteiger charge is -2.09. The Labute approximate surface area is 76.9 Å². The van der Waals surface area contributed by atoms with E-state index in [9.17, 15) is 0 Å². The second-order valence-corrected chi connectivity index (χ2v) is 3.02. The van der Waals surface area contributed by atoms with Crippen LogP contribution >= 0.6 is 0 Å². The number of aliphatic hydroxyl groups is 1. The van der Waals surface area contributed by atoms with Gasteiger partial charge in [-0.05, 0) is 0 Å². The zero-order chi connectivity index (χ0) is 9.10. The molecule has 3 nitrogen and oxygen atoms in total. The van der Waals surface area contributed by atoms with Gasteiger partial charge < -0.3 is 14.6 Å². The highest BCUT2D eigenvalue weighted by molar-refractivity contribution is 5.16. The molecule has 1 fully saturated rings. The Morgan fingerprint density at radius 2 is 2.08 bits per heavy atom. The number of benzene rings is 1. The Bertz CT molecular complexity index is 260. The molecule has 1 aliphatic rings. The largest absolute Gasteiger partial charge is 0.394 e. The van der Waals surface area contributed by atoms with Gasteiger partial charge in [0, 0.05) is 5.56 Å². The number of aliphatic hydroxyl groups excluding tert-OH is 1. The SMILES string of the molecule is OC[C@H]1CO[C@H](c2ccccc2)O1. The average Bonchev–Trinajstić information content (AvgIpc) is 2.67. The van der Waals surface area contributed by atoms with Crippen LogP contribution in [0.5, 0.6) is 0 Å². The van der Waals surface area contributed by atoms with Crippen molar-refractivity contribution in [2.24, 2.45) is 0 Å². The van der Waals surface area contributed by atoms with E-state index >= 15 is 0 Å². The first kappa shape index (κ1) is 8.69. The van der Waals surface area contributed by atoms with Crippen LogP contribution in [0.4, 0.5) is 0 Å². The normalized spacial score (nSPS) is 27.8. The van der Waals surface area contributed by atoms with Crippen LogP contribution < -0.4 is 0 Å². The highest BCUT2D eigenvalue weighted by Crippen LogP contribution is 2.25. The Kier molecular flexibility index (Phi) is 2.59. The molecule has 1 aromatic rings. The highest BCUT2D eigenvalue weighted by atomic mass is 16.7. The van der Waals surface area contributed by atoms with Gasteiger partial charge in [-0.3, -0.25) is 0 Å². The molecule has 1 aliphatic heterocycles. The van der Waals surface area contributed by atoms with E-state index in [-0.39, 0.29) is 19.0 Å². The molecule has 13 heavy (non-hydrogen) atoms. The molecule has 70 valence electrons. The van der Waals surface area contributed by atoms with E-state index in [4.69, 9.17) is 14.6 Å². The Balaban J connectivity index is 2.04. The molecule has 0 amide bonds. The minimum Gasteiger partial charge on any atom is -0.394 e. The molecule has 2 rings (SSSR count). The van der Waals surface area contributed by atoms with E-state index in [0.29, 0.717) is 6.61 Å². The van der Waals surface area contributed by atoms with Gasteiger partial charge in [-0.25, -0.2) is 0 Å². The van der Waals surface area contributed by atoms with Gasteiger partial charge in [0.1, 0.15) is 6.10 Å². The van der Waals surface area contributed by atoms with Crippen LogP contribution in [0.2, 0.25) is 0 Å². The molecule has 0 saturated carbocycles. The van der Waals surface area contributed by atoms with Crippen LogP contribution in [0.15, 0.2) is 30.3 Å². The second kappa shape index (κ2) is 3.87. The molecular formula is C10H12O3. The van der Waals surface area contributed by atoms with Crippen molar-refractivity contribution in [3.63, 3.8) is 0 Å². The maximum absolute atomic E-state index is 8.83. The maximum Gasteiger partial charge on any atom is 0.184 e. The Morgan fingerprint density at radius 3 is 2.69 bits per heavy atom. The maximum atomic E-state index is 8.83. The first-order chi connectivity index (χ1) is 6.40. The van der Waals surface area contributed by atoms with Crippen molar-refractivity contribution in [3.8, 4) is 0 Å². The van der Waals surface area contributed by atoms with E-state index in [1.807, 2.05) is 30.3 Å². The molecule has 1 heterocycles. The summed E-state index contributed by atoms with van der Waals surface area (Å²) in [5.41, 5.74) is 0.999. The second-order valence-electron chi connectivity index (χ2n) is 3.02. The van der Waals surface area contributed by atoms with Crippen LogP contribution in [0.3, 0.4) is 0 Å². The summed E-state index contributed by atoms with van der Waals surface area (Å²) in [6, 6.07) is 9.72. The summed E-state index contributed by atoms with van der Waals surface area (Å²) < 4.78 is 10.8. The summed E-state index contributed by atoms with van der Waals surface area (Å²) in [6.45, 7) is 0.486. The smallest absolute Gasteiger partial charge is 0.184 e. The van der Waals surface area contributed by atoms with Crippen molar-refractivity contribution < 1.29 is 14.6 Å². The Morgan fingerprint density at radius 1 is 1.31 bits per heavy atom. The van der Waals surface area contributed by atoms with Gasteiger partial charge in [0.2, 0.25) is 0 Å². The summed E-state index contributed by atoms with van der Waals surface area (Å²) in [5, 5.41) is 8.83. The van der Waals surface area contributed by atoms with E-state index in [0.717, 1.165) is 5.56 Å². The molecule has 0 aliphatic carbocycles. The summed E-state index contributed by atoms with van der Waals surface area (Å²) in [4.78, 5) is 0. The zero-order valence-corrected chi connectivity index (χ0v) is 7.22. The van der Waals surface area contributed by atoms with E-state index in [2.05, 4.69) is 0 Å². The summed E-state index contributed by atoms with van der Waals surface area (Å²) in [6.07, 6.45) is -0.483. The van der Waals surface area contributed by atoms with Crippen molar-refractivity contribution in [2.45, 2.75) is 12.4 Å². The van der Waals surface area contributed by atoms with Crippen LogP contribution in [0.1, 0.15) is 11.9 Å². The van der Waals surface area contributed by atoms with Crippen molar-refractivity contribution in [3.05, 3.63) is 35.9 Å². The van der Waals surface area contributed by atoms with Crippen LogP contribution in [-0.4, -0.2) is 24.4 Å². The topological polar surface area (TPSA) is 38.7 Å².